The minimum atomic E-state index is -0.0569. The van der Waals surface area contributed by atoms with Gasteiger partial charge in [-0.15, -0.1) is 12.4 Å². The van der Waals surface area contributed by atoms with Crippen molar-refractivity contribution in [3.05, 3.63) is 29.3 Å². The van der Waals surface area contributed by atoms with E-state index in [1.807, 2.05) is 19.9 Å². The highest BCUT2D eigenvalue weighted by Gasteiger charge is 2.05. The van der Waals surface area contributed by atoms with Crippen molar-refractivity contribution in [3.8, 4) is 0 Å². The zero-order valence-corrected chi connectivity index (χ0v) is 9.86. The normalized spacial score (nSPS) is 9.20. The molecule has 0 radical (unpaired) electrons. The Morgan fingerprint density at radius 2 is 2.13 bits per heavy atom. The van der Waals surface area contributed by atoms with Gasteiger partial charge in [-0.05, 0) is 31.0 Å². The molecule has 1 aromatic rings. The van der Waals surface area contributed by atoms with Crippen LogP contribution >= 0.6 is 12.4 Å². The number of hydrogen-bond acceptors (Lipinski definition) is 2. The summed E-state index contributed by atoms with van der Waals surface area (Å²) in [6.45, 7) is 4.64. The SMILES string of the molecule is CCCNC(=O)c1ccc(C)c(N)c1.Cl. The smallest absolute Gasteiger partial charge is 0.251 e. The lowest BCUT2D eigenvalue weighted by molar-refractivity contribution is 0.0953. The lowest BCUT2D eigenvalue weighted by Gasteiger charge is -2.05. The van der Waals surface area contributed by atoms with Gasteiger partial charge < -0.3 is 11.1 Å². The van der Waals surface area contributed by atoms with E-state index in [-0.39, 0.29) is 18.3 Å². The second kappa shape index (κ2) is 6.30. The van der Waals surface area contributed by atoms with Crippen LogP contribution in [0.5, 0.6) is 0 Å². The van der Waals surface area contributed by atoms with E-state index in [1.165, 1.54) is 0 Å². The van der Waals surface area contributed by atoms with Crippen LogP contribution in [0.25, 0.3) is 0 Å². The van der Waals surface area contributed by atoms with Crippen molar-refractivity contribution in [3.63, 3.8) is 0 Å². The third kappa shape index (κ3) is 3.80. The predicted octanol–water partition coefficient (Wildman–Crippen LogP) is 2.14. The standard InChI is InChI=1S/C11H16N2O.ClH/c1-3-6-13-11(14)9-5-4-8(2)10(12)7-9;/h4-5,7H,3,6,12H2,1-2H3,(H,13,14);1H. The molecule has 3 nitrogen and oxygen atoms in total. The molecule has 0 atom stereocenters. The monoisotopic (exact) mass is 228 g/mol. The van der Waals surface area contributed by atoms with E-state index in [0.717, 1.165) is 12.0 Å². The average molecular weight is 229 g/mol. The Kier molecular flexibility index (Phi) is 5.79. The quantitative estimate of drug-likeness (QED) is 0.779. The van der Waals surface area contributed by atoms with Gasteiger partial charge in [0.05, 0.1) is 0 Å². The largest absolute Gasteiger partial charge is 0.398 e. The number of amides is 1. The van der Waals surface area contributed by atoms with E-state index >= 15 is 0 Å². The summed E-state index contributed by atoms with van der Waals surface area (Å²) >= 11 is 0. The number of nitrogen functional groups attached to an aromatic ring is 1. The fraction of sp³-hybridized carbons (Fsp3) is 0.364. The van der Waals surface area contributed by atoms with Crippen molar-refractivity contribution in [1.82, 2.24) is 5.32 Å². The summed E-state index contributed by atoms with van der Waals surface area (Å²) in [5, 5.41) is 2.80. The van der Waals surface area contributed by atoms with E-state index in [4.69, 9.17) is 5.73 Å². The fourth-order valence-electron chi connectivity index (χ4n) is 1.12. The maximum atomic E-state index is 11.5. The number of anilines is 1. The van der Waals surface area contributed by atoms with Crippen LogP contribution in [0.2, 0.25) is 0 Å². The third-order valence-electron chi connectivity index (χ3n) is 2.08. The molecule has 84 valence electrons. The topological polar surface area (TPSA) is 55.1 Å². The highest BCUT2D eigenvalue weighted by Crippen LogP contribution is 2.12. The molecule has 0 aliphatic carbocycles. The molecule has 0 heterocycles. The molecule has 0 aliphatic heterocycles. The number of carbonyl (C=O) groups excluding carboxylic acids is 1. The van der Waals surface area contributed by atoms with Crippen molar-refractivity contribution in [2.45, 2.75) is 20.3 Å². The Hall–Kier alpha value is -1.22. The van der Waals surface area contributed by atoms with Gasteiger partial charge in [0.1, 0.15) is 0 Å². The number of nitrogens with one attached hydrogen (secondary N) is 1. The van der Waals surface area contributed by atoms with Crippen LogP contribution in [0, 0.1) is 6.92 Å². The van der Waals surface area contributed by atoms with Crippen LogP contribution in [-0.2, 0) is 0 Å². The van der Waals surface area contributed by atoms with Gasteiger partial charge in [0.25, 0.3) is 5.91 Å². The van der Waals surface area contributed by atoms with Gasteiger partial charge in [0.15, 0.2) is 0 Å². The molecular formula is C11H17ClN2O. The van der Waals surface area contributed by atoms with Gasteiger partial charge >= 0.3 is 0 Å². The number of carbonyl (C=O) groups is 1. The van der Waals surface area contributed by atoms with Crippen molar-refractivity contribution < 1.29 is 4.79 Å². The van der Waals surface area contributed by atoms with Crippen LogP contribution in [0.4, 0.5) is 5.69 Å². The number of benzene rings is 1. The average Bonchev–Trinajstić information content (AvgIpc) is 2.18. The maximum absolute atomic E-state index is 11.5. The molecule has 0 aromatic heterocycles. The summed E-state index contributed by atoms with van der Waals surface area (Å²) in [7, 11) is 0. The maximum Gasteiger partial charge on any atom is 0.251 e. The molecule has 4 heteroatoms. The van der Waals surface area contributed by atoms with E-state index in [0.29, 0.717) is 17.8 Å². The van der Waals surface area contributed by atoms with Crippen molar-refractivity contribution in [1.29, 1.82) is 0 Å². The van der Waals surface area contributed by atoms with Gasteiger partial charge in [0.2, 0.25) is 0 Å². The first-order chi connectivity index (χ1) is 6.65. The van der Waals surface area contributed by atoms with E-state index < -0.39 is 0 Å². The Morgan fingerprint density at radius 1 is 1.47 bits per heavy atom. The Labute approximate surface area is 96.5 Å². The highest BCUT2D eigenvalue weighted by atomic mass is 35.5. The second-order valence-electron chi connectivity index (χ2n) is 3.33. The van der Waals surface area contributed by atoms with Crippen molar-refractivity contribution >= 4 is 24.0 Å². The zero-order chi connectivity index (χ0) is 10.6. The van der Waals surface area contributed by atoms with Gasteiger partial charge in [-0.25, -0.2) is 0 Å². The number of halogens is 1. The summed E-state index contributed by atoms with van der Waals surface area (Å²) < 4.78 is 0. The van der Waals surface area contributed by atoms with Crippen LogP contribution in [0.3, 0.4) is 0 Å². The molecule has 0 spiro atoms. The number of hydrogen-bond donors (Lipinski definition) is 2. The predicted molar refractivity (Wildman–Crippen MR) is 65.5 cm³/mol. The molecule has 1 aromatic carbocycles. The highest BCUT2D eigenvalue weighted by molar-refractivity contribution is 5.95. The molecule has 0 saturated heterocycles. The lowest BCUT2D eigenvalue weighted by Crippen LogP contribution is -2.24. The van der Waals surface area contributed by atoms with Crippen molar-refractivity contribution in [2.24, 2.45) is 0 Å². The molecule has 1 amide bonds. The molecule has 1 rings (SSSR count). The summed E-state index contributed by atoms with van der Waals surface area (Å²) in [6, 6.07) is 5.35. The summed E-state index contributed by atoms with van der Waals surface area (Å²) in [4.78, 5) is 11.5. The number of aryl methyl sites for hydroxylation is 1. The van der Waals surface area contributed by atoms with Crippen LogP contribution in [-0.4, -0.2) is 12.5 Å². The molecule has 0 fully saturated rings. The molecular weight excluding hydrogens is 212 g/mol. The van der Waals surface area contributed by atoms with E-state index in [2.05, 4.69) is 5.32 Å². The molecule has 0 unspecified atom stereocenters. The first-order valence-corrected chi connectivity index (χ1v) is 4.79. The van der Waals surface area contributed by atoms with Crippen LogP contribution in [0.15, 0.2) is 18.2 Å². The fourth-order valence-corrected chi connectivity index (χ4v) is 1.12. The van der Waals surface area contributed by atoms with Gasteiger partial charge in [-0.1, -0.05) is 13.0 Å². The van der Waals surface area contributed by atoms with Gasteiger partial charge in [-0.2, -0.15) is 0 Å². The van der Waals surface area contributed by atoms with Crippen molar-refractivity contribution in [2.75, 3.05) is 12.3 Å². The minimum absolute atomic E-state index is 0. The Morgan fingerprint density at radius 3 is 2.67 bits per heavy atom. The molecule has 0 saturated carbocycles. The van der Waals surface area contributed by atoms with E-state index in [9.17, 15) is 4.79 Å². The third-order valence-corrected chi connectivity index (χ3v) is 2.08. The molecule has 0 bridgehead atoms. The van der Waals surface area contributed by atoms with E-state index in [1.54, 1.807) is 12.1 Å². The second-order valence-corrected chi connectivity index (χ2v) is 3.33. The Balaban J connectivity index is 0.00000196. The molecule has 15 heavy (non-hydrogen) atoms. The Bertz CT molecular complexity index is 339. The molecule has 3 N–H and O–H groups in total. The first-order valence-electron chi connectivity index (χ1n) is 4.79. The van der Waals surface area contributed by atoms with Crippen LogP contribution in [0.1, 0.15) is 29.3 Å². The number of rotatable bonds is 3. The summed E-state index contributed by atoms with van der Waals surface area (Å²) in [5.74, 6) is -0.0569. The number of nitrogens with two attached hydrogens (primary N) is 1. The summed E-state index contributed by atoms with van der Waals surface area (Å²) in [5.41, 5.74) is 7.99. The lowest BCUT2D eigenvalue weighted by atomic mass is 10.1. The minimum Gasteiger partial charge on any atom is -0.398 e. The molecule has 0 aliphatic rings. The zero-order valence-electron chi connectivity index (χ0n) is 9.04. The van der Waals surface area contributed by atoms with Gasteiger partial charge in [-0.3, -0.25) is 4.79 Å². The first kappa shape index (κ1) is 13.8. The van der Waals surface area contributed by atoms with Gasteiger partial charge in [0, 0.05) is 17.8 Å². The van der Waals surface area contributed by atoms with Crippen LogP contribution < -0.4 is 11.1 Å². The summed E-state index contributed by atoms with van der Waals surface area (Å²) in [6.07, 6.45) is 0.938.